The zero-order valence-corrected chi connectivity index (χ0v) is 20.4. The maximum absolute atomic E-state index is 13.9. The first-order chi connectivity index (χ1) is 17.5. The van der Waals surface area contributed by atoms with E-state index in [2.05, 4.69) is 15.2 Å². The van der Waals surface area contributed by atoms with Gasteiger partial charge in [-0.2, -0.15) is 0 Å². The van der Waals surface area contributed by atoms with Crippen LogP contribution >= 0.6 is 11.3 Å². The molecule has 1 aliphatic heterocycles. The third kappa shape index (κ3) is 4.30. The summed E-state index contributed by atoms with van der Waals surface area (Å²) in [6.07, 6.45) is 3.19. The molecule has 0 radical (unpaired) electrons. The molecule has 0 unspecified atom stereocenters. The summed E-state index contributed by atoms with van der Waals surface area (Å²) in [5.41, 5.74) is 1.78. The van der Waals surface area contributed by atoms with E-state index in [1.807, 2.05) is 42.2 Å². The smallest absolute Gasteiger partial charge is 0.283 e. The molecule has 9 heteroatoms. The van der Waals surface area contributed by atoms with Crippen LogP contribution in [0.5, 0.6) is 0 Å². The minimum Gasteiger partial charge on any atom is -0.451 e. The Morgan fingerprint density at radius 1 is 1.11 bits per heavy atom. The molecular weight excluding hydrogens is 479 g/mol. The number of aryl methyl sites for hydroxylation is 1. The Bertz CT molecular complexity index is 1520. The number of para-hydroxylation sites is 1. The molecule has 7 nitrogen and oxygen atoms in total. The summed E-state index contributed by atoms with van der Waals surface area (Å²) in [5.74, 6) is 0.794. The highest BCUT2D eigenvalue weighted by Crippen LogP contribution is 2.33. The molecule has 1 aliphatic rings. The number of amides is 1. The topological polar surface area (TPSA) is 85.3 Å². The largest absolute Gasteiger partial charge is 0.451 e. The Morgan fingerprint density at radius 3 is 2.86 bits per heavy atom. The first-order valence-electron chi connectivity index (χ1n) is 11.9. The van der Waals surface area contributed by atoms with Crippen molar-refractivity contribution in [2.75, 3.05) is 6.54 Å². The number of furan rings is 1. The molecule has 182 valence electrons. The first kappa shape index (κ1) is 22.6. The van der Waals surface area contributed by atoms with Gasteiger partial charge in [0.15, 0.2) is 5.76 Å². The molecule has 1 fully saturated rings. The SMILES string of the molecule is Cc1nc(C(=O)N2CCCC[C@H]2Cc2nnc(-c3cc4ccccc4o3)o2)c(-c2cccc(F)c2)s1. The number of carbonyl (C=O) groups excluding carboxylic acids is 1. The number of rotatable bonds is 5. The van der Waals surface area contributed by atoms with Crippen molar-refractivity contribution in [1.29, 1.82) is 0 Å². The molecule has 0 spiro atoms. The highest BCUT2D eigenvalue weighted by atomic mass is 32.1. The fourth-order valence-corrected chi connectivity index (χ4v) is 5.64. The number of carbonyl (C=O) groups is 1. The van der Waals surface area contributed by atoms with Gasteiger partial charge in [0.1, 0.15) is 17.1 Å². The summed E-state index contributed by atoms with van der Waals surface area (Å²) in [6, 6.07) is 15.8. The van der Waals surface area contributed by atoms with Gasteiger partial charge in [-0.25, -0.2) is 9.37 Å². The Balaban J connectivity index is 1.25. The minimum atomic E-state index is -0.343. The third-order valence-electron chi connectivity index (χ3n) is 6.42. The monoisotopic (exact) mass is 502 g/mol. The van der Waals surface area contributed by atoms with Crippen LogP contribution in [0.4, 0.5) is 4.39 Å². The minimum absolute atomic E-state index is 0.0995. The number of aromatic nitrogens is 3. The van der Waals surface area contributed by atoms with Crippen LogP contribution in [0.2, 0.25) is 0 Å². The van der Waals surface area contributed by atoms with Gasteiger partial charge in [-0.05, 0) is 56.0 Å². The molecule has 2 aromatic carbocycles. The number of fused-ring (bicyclic) bond motifs is 1. The van der Waals surface area contributed by atoms with Crippen molar-refractivity contribution in [2.24, 2.45) is 0 Å². The number of hydrogen-bond acceptors (Lipinski definition) is 7. The van der Waals surface area contributed by atoms with Gasteiger partial charge < -0.3 is 13.7 Å². The van der Waals surface area contributed by atoms with E-state index in [1.54, 1.807) is 12.1 Å². The highest BCUT2D eigenvalue weighted by Gasteiger charge is 2.32. The molecule has 36 heavy (non-hydrogen) atoms. The molecule has 4 heterocycles. The van der Waals surface area contributed by atoms with Crippen LogP contribution in [-0.4, -0.2) is 38.6 Å². The van der Waals surface area contributed by atoms with Gasteiger partial charge in [0.2, 0.25) is 5.89 Å². The molecule has 5 aromatic rings. The number of benzene rings is 2. The van der Waals surface area contributed by atoms with E-state index in [1.165, 1.54) is 23.5 Å². The molecule has 0 saturated carbocycles. The van der Waals surface area contributed by atoms with Crippen LogP contribution in [0.25, 0.3) is 33.1 Å². The molecule has 0 N–H and O–H groups in total. The first-order valence-corrected chi connectivity index (χ1v) is 12.7. The van der Waals surface area contributed by atoms with Gasteiger partial charge in [0.05, 0.1) is 9.88 Å². The van der Waals surface area contributed by atoms with Crippen molar-refractivity contribution in [1.82, 2.24) is 20.1 Å². The second-order valence-electron chi connectivity index (χ2n) is 8.92. The third-order valence-corrected chi connectivity index (χ3v) is 7.44. The Labute approximate surface area is 210 Å². The molecule has 0 aliphatic carbocycles. The van der Waals surface area contributed by atoms with E-state index in [0.717, 1.165) is 35.2 Å². The lowest BCUT2D eigenvalue weighted by Crippen LogP contribution is -2.45. The Morgan fingerprint density at radius 2 is 2.00 bits per heavy atom. The summed E-state index contributed by atoms with van der Waals surface area (Å²) in [6.45, 7) is 2.48. The molecular formula is C27H23FN4O3S. The van der Waals surface area contributed by atoms with E-state index in [4.69, 9.17) is 8.83 Å². The van der Waals surface area contributed by atoms with Crippen LogP contribution in [0.1, 0.15) is 40.6 Å². The zero-order valence-electron chi connectivity index (χ0n) is 19.6. The van der Waals surface area contributed by atoms with Crippen LogP contribution in [-0.2, 0) is 6.42 Å². The fourth-order valence-electron chi connectivity index (χ4n) is 4.74. The second kappa shape index (κ2) is 9.31. The zero-order chi connectivity index (χ0) is 24.6. The highest BCUT2D eigenvalue weighted by molar-refractivity contribution is 7.15. The van der Waals surface area contributed by atoms with E-state index >= 15 is 0 Å². The van der Waals surface area contributed by atoms with Gasteiger partial charge in [-0.15, -0.1) is 21.5 Å². The van der Waals surface area contributed by atoms with Crippen molar-refractivity contribution in [2.45, 2.75) is 38.6 Å². The standard InChI is InChI=1S/C27H23FN4O3S/c1-16-29-24(25(36-16)18-8-6-9-19(28)13-18)27(33)32-12-5-4-10-20(32)15-23-30-31-26(35-23)22-14-17-7-2-3-11-21(17)34-22/h2-3,6-9,11,13-14,20H,4-5,10,12,15H2,1H3/t20-/m0/s1. The summed E-state index contributed by atoms with van der Waals surface area (Å²) in [7, 11) is 0. The maximum atomic E-state index is 13.9. The Hall–Kier alpha value is -3.85. The number of likely N-dealkylation sites (tertiary alicyclic amines) is 1. The second-order valence-corrected chi connectivity index (χ2v) is 10.1. The Kier molecular flexibility index (Phi) is 5.85. The van der Waals surface area contributed by atoms with Crippen molar-refractivity contribution >= 4 is 28.2 Å². The lowest BCUT2D eigenvalue weighted by Gasteiger charge is -2.35. The average molecular weight is 503 g/mol. The quantitative estimate of drug-likeness (QED) is 0.281. The summed E-state index contributed by atoms with van der Waals surface area (Å²) in [5, 5.41) is 10.1. The molecule has 1 saturated heterocycles. The van der Waals surface area contributed by atoms with Crippen LogP contribution in [0.3, 0.4) is 0 Å². The van der Waals surface area contributed by atoms with E-state index < -0.39 is 0 Å². The summed E-state index contributed by atoms with van der Waals surface area (Å²) < 4.78 is 25.7. The predicted molar refractivity (Wildman–Crippen MR) is 134 cm³/mol. The van der Waals surface area contributed by atoms with Crippen molar-refractivity contribution in [3.8, 4) is 22.1 Å². The number of hydrogen-bond donors (Lipinski definition) is 0. The molecule has 0 bridgehead atoms. The van der Waals surface area contributed by atoms with E-state index in [-0.39, 0.29) is 17.8 Å². The van der Waals surface area contributed by atoms with Crippen molar-refractivity contribution < 1.29 is 18.0 Å². The van der Waals surface area contributed by atoms with Crippen LogP contribution in [0.15, 0.2) is 63.4 Å². The van der Waals surface area contributed by atoms with E-state index in [0.29, 0.717) is 46.6 Å². The number of thiazole rings is 1. The van der Waals surface area contributed by atoms with E-state index in [9.17, 15) is 9.18 Å². The predicted octanol–water partition coefficient (Wildman–Crippen LogP) is 6.29. The van der Waals surface area contributed by atoms with Crippen LogP contribution < -0.4 is 0 Å². The summed E-state index contributed by atoms with van der Waals surface area (Å²) >= 11 is 1.40. The van der Waals surface area contributed by atoms with Gasteiger partial charge >= 0.3 is 0 Å². The number of piperidine rings is 1. The van der Waals surface area contributed by atoms with Crippen molar-refractivity contribution in [3.63, 3.8) is 0 Å². The lowest BCUT2D eigenvalue weighted by atomic mass is 9.98. The molecule has 6 rings (SSSR count). The summed E-state index contributed by atoms with van der Waals surface area (Å²) in [4.78, 5) is 20.8. The van der Waals surface area contributed by atoms with Gasteiger partial charge in [0.25, 0.3) is 11.8 Å². The van der Waals surface area contributed by atoms with Crippen molar-refractivity contribution in [3.05, 3.63) is 77.0 Å². The van der Waals surface area contributed by atoms with Gasteiger partial charge in [-0.3, -0.25) is 4.79 Å². The fraction of sp³-hybridized carbons (Fsp3) is 0.259. The lowest BCUT2D eigenvalue weighted by molar-refractivity contribution is 0.0601. The number of nitrogens with zero attached hydrogens (tertiary/aromatic N) is 4. The molecule has 3 aromatic heterocycles. The normalized spacial score (nSPS) is 16.1. The van der Waals surface area contributed by atoms with Gasteiger partial charge in [-0.1, -0.05) is 30.3 Å². The molecule has 1 atom stereocenters. The molecule has 1 amide bonds. The maximum Gasteiger partial charge on any atom is 0.283 e. The van der Waals surface area contributed by atoms with Crippen LogP contribution in [0, 0.1) is 12.7 Å². The van der Waals surface area contributed by atoms with Gasteiger partial charge in [0, 0.05) is 24.4 Å². The average Bonchev–Trinajstić information content (AvgIpc) is 3.62. The number of halogens is 1.